The molecule has 1 fully saturated rings. The van der Waals surface area contributed by atoms with E-state index in [2.05, 4.69) is 27.1 Å². The average molecular weight is 300 g/mol. The Morgan fingerprint density at radius 1 is 1.33 bits per heavy atom. The first-order valence-corrected chi connectivity index (χ1v) is 8.01. The van der Waals surface area contributed by atoms with Crippen LogP contribution in [0.15, 0.2) is 23.7 Å². The van der Waals surface area contributed by atoms with Crippen molar-refractivity contribution in [2.24, 2.45) is 0 Å². The molecule has 108 valence electrons. The van der Waals surface area contributed by atoms with E-state index in [-0.39, 0.29) is 0 Å². The maximum absolute atomic E-state index is 4.70. The zero-order chi connectivity index (χ0) is 14.2. The van der Waals surface area contributed by atoms with Gasteiger partial charge in [-0.1, -0.05) is 0 Å². The predicted octanol–water partition coefficient (Wildman–Crippen LogP) is 2.14. The van der Waals surface area contributed by atoms with Crippen LogP contribution in [-0.4, -0.2) is 38.4 Å². The van der Waals surface area contributed by atoms with Crippen LogP contribution in [0.25, 0.3) is 5.65 Å². The highest BCUT2D eigenvalue weighted by atomic mass is 32.1. The number of rotatable bonds is 5. The van der Waals surface area contributed by atoms with Crippen LogP contribution in [-0.2, 0) is 6.42 Å². The van der Waals surface area contributed by atoms with Crippen molar-refractivity contribution in [3.63, 3.8) is 0 Å². The van der Waals surface area contributed by atoms with Crippen molar-refractivity contribution in [1.82, 2.24) is 24.8 Å². The molecule has 4 rings (SSSR count). The van der Waals surface area contributed by atoms with Gasteiger partial charge in [-0.3, -0.25) is 0 Å². The summed E-state index contributed by atoms with van der Waals surface area (Å²) in [6.45, 7) is 0.896. The van der Waals surface area contributed by atoms with Crippen molar-refractivity contribution in [1.29, 1.82) is 0 Å². The molecule has 1 aliphatic rings. The number of aromatic nitrogens is 5. The zero-order valence-electron chi connectivity index (χ0n) is 11.8. The molecule has 0 radical (unpaired) electrons. The molecule has 7 heteroatoms. The normalized spacial score (nSPS) is 14.7. The van der Waals surface area contributed by atoms with E-state index < -0.39 is 0 Å². The summed E-state index contributed by atoms with van der Waals surface area (Å²) in [5, 5.41) is 16.3. The van der Waals surface area contributed by atoms with E-state index in [9.17, 15) is 0 Å². The number of fused-ring (bicyclic) bond motifs is 1. The highest BCUT2D eigenvalue weighted by Gasteiger charge is 2.29. The van der Waals surface area contributed by atoms with Crippen LogP contribution in [0.2, 0.25) is 0 Å². The van der Waals surface area contributed by atoms with Gasteiger partial charge in [-0.25, -0.2) is 4.98 Å². The summed E-state index contributed by atoms with van der Waals surface area (Å²) in [5.74, 6) is 2.49. The molecule has 0 amide bonds. The fourth-order valence-corrected chi connectivity index (χ4v) is 2.96. The number of nitrogens with zero attached hydrogens (tertiary/aromatic N) is 6. The Bertz CT molecular complexity index is 746. The number of thiazole rings is 1. The average Bonchev–Trinajstić information content (AvgIpc) is 3.06. The molecule has 0 bridgehead atoms. The van der Waals surface area contributed by atoms with Gasteiger partial charge in [0.1, 0.15) is 5.82 Å². The molecule has 0 unspecified atom stereocenters. The van der Waals surface area contributed by atoms with Crippen LogP contribution < -0.4 is 4.90 Å². The largest absolute Gasteiger partial charge is 0.358 e. The smallest absolute Gasteiger partial charge is 0.178 e. The third-order valence-corrected chi connectivity index (χ3v) is 4.59. The number of hydrogen-bond acceptors (Lipinski definition) is 6. The summed E-state index contributed by atoms with van der Waals surface area (Å²) in [4.78, 5) is 6.47. The van der Waals surface area contributed by atoms with Crippen LogP contribution in [0, 0.1) is 0 Å². The molecule has 3 aromatic rings. The summed E-state index contributed by atoms with van der Waals surface area (Å²) in [6, 6.07) is 3.99. The molecule has 0 saturated heterocycles. The molecule has 0 atom stereocenters. The fourth-order valence-electron chi connectivity index (χ4n) is 2.35. The molecule has 21 heavy (non-hydrogen) atoms. The van der Waals surface area contributed by atoms with E-state index in [1.54, 1.807) is 11.3 Å². The summed E-state index contributed by atoms with van der Waals surface area (Å²) in [7, 11) is 2.06. The number of hydrogen-bond donors (Lipinski definition) is 0. The number of anilines is 1. The monoisotopic (exact) mass is 300 g/mol. The molecule has 6 nitrogen and oxygen atoms in total. The second-order valence-corrected chi connectivity index (χ2v) is 6.37. The molecule has 0 N–H and O–H groups in total. The number of likely N-dealkylation sites (N-methyl/N-ethyl adjacent to an activating group) is 1. The second-order valence-electron chi connectivity index (χ2n) is 5.39. The van der Waals surface area contributed by atoms with Gasteiger partial charge < -0.3 is 4.90 Å². The van der Waals surface area contributed by atoms with Gasteiger partial charge in [0.15, 0.2) is 11.5 Å². The maximum atomic E-state index is 4.70. The maximum Gasteiger partial charge on any atom is 0.178 e. The van der Waals surface area contributed by atoms with Gasteiger partial charge >= 0.3 is 0 Å². The molecular weight excluding hydrogens is 284 g/mol. The first-order chi connectivity index (χ1) is 10.3. The van der Waals surface area contributed by atoms with Gasteiger partial charge in [-0.2, -0.15) is 4.52 Å². The van der Waals surface area contributed by atoms with Gasteiger partial charge in [-0.05, 0) is 25.0 Å². The van der Waals surface area contributed by atoms with Crippen molar-refractivity contribution in [2.75, 3.05) is 18.5 Å². The Morgan fingerprint density at radius 2 is 2.24 bits per heavy atom. The standard InChI is InChI=1S/C14H16N6S/c1-19(8-6-13-15-7-9-21-13)12-5-4-11-16-17-14(10-2-3-10)20(11)18-12/h4-5,7,9-10H,2-3,6,8H2,1H3. The lowest BCUT2D eigenvalue weighted by atomic mass is 10.4. The summed E-state index contributed by atoms with van der Waals surface area (Å²) in [5.41, 5.74) is 0.828. The SMILES string of the molecule is CN(CCc1nccs1)c1ccc2nnc(C3CC3)n2n1. The second kappa shape index (κ2) is 5.07. The highest BCUT2D eigenvalue weighted by Crippen LogP contribution is 2.38. The fraction of sp³-hybridized carbons (Fsp3) is 0.429. The minimum absolute atomic E-state index is 0.545. The van der Waals surface area contributed by atoms with Crippen LogP contribution in [0.3, 0.4) is 0 Å². The van der Waals surface area contributed by atoms with Gasteiger partial charge in [0.05, 0.1) is 5.01 Å². The first kappa shape index (κ1) is 12.7. The molecule has 3 aromatic heterocycles. The zero-order valence-corrected chi connectivity index (χ0v) is 12.6. The third kappa shape index (κ3) is 2.49. The Hall–Kier alpha value is -2.02. The van der Waals surface area contributed by atoms with Crippen LogP contribution in [0.1, 0.15) is 29.6 Å². The Labute approximate surface area is 126 Å². The van der Waals surface area contributed by atoms with E-state index in [1.165, 1.54) is 12.8 Å². The van der Waals surface area contributed by atoms with Gasteiger partial charge in [0.25, 0.3) is 0 Å². The predicted molar refractivity (Wildman–Crippen MR) is 81.8 cm³/mol. The minimum Gasteiger partial charge on any atom is -0.358 e. The highest BCUT2D eigenvalue weighted by molar-refractivity contribution is 7.09. The summed E-state index contributed by atoms with van der Waals surface area (Å²) >= 11 is 1.70. The lowest BCUT2D eigenvalue weighted by Gasteiger charge is -2.17. The quantitative estimate of drug-likeness (QED) is 0.722. The topological polar surface area (TPSA) is 59.2 Å². The third-order valence-electron chi connectivity index (χ3n) is 3.75. The van der Waals surface area contributed by atoms with Crippen molar-refractivity contribution < 1.29 is 0 Å². The van der Waals surface area contributed by atoms with Crippen LogP contribution >= 0.6 is 11.3 Å². The molecule has 0 aliphatic heterocycles. The van der Waals surface area contributed by atoms with Crippen molar-refractivity contribution in [2.45, 2.75) is 25.2 Å². The van der Waals surface area contributed by atoms with Crippen molar-refractivity contribution >= 4 is 22.8 Å². The van der Waals surface area contributed by atoms with Gasteiger partial charge in [-0.15, -0.1) is 26.6 Å². The molecule has 0 aromatic carbocycles. The summed E-state index contributed by atoms with van der Waals surface area (Å²) in [6.07, 6.45) is 5.19. The molecule has 1 saturated carbocycles. The Kier molecular flexibility index (Phi) is 3.07. The van der Waals surface area contributed by atoms with E-state index in [1.807, 2.05) is 28.2 Å². The van der Waals surface area contributed by atoms with Crippen molar-refractivity contribution in [3.8, 4) is 0 Å². The molecule has 3 heterocycles. The molecule has 1 aliphatic carbocycles. The van der Waals surface area contributed by atoms with Crippen LogP contribution in [0.5, 0.6) is 0 Å². The Balaban J connectivity index is 1.55. The van der Waals surface area contributed by atoms with E-state index in [0.29, 0.717) is 5.92 Å². The van der Waals surface area contributed by atoms with E-state index >= 15 is 0 Å². The van der Waals surface area contributed by atoms with E-state index in [0.717, 1.165) is 35.3 Å². The van der Waals surface area contributed by atoms with Gasteiger partial charge in [0.2, 0.25) is 0 Å². The lowest BCUT2D eigenvalue weighted by molar-refractivity contribution is 0.781. The van der Waals surface area contributed by atoms with Gasteiger partial charge in [0, 0.05) is 37.5 Å². The molecule has 0 spiro atoms. The van der Waals surface area contributed by atoms with E-state index in [4.69, 9.17) is 5.10 Å². The lowest BCUT2D eigenvalue weighted by Crippen LogP contribution is -2.22. The van der Waals surface area contributed by atoms with Crippen LogP contribution in [0.4, 0.5) is 5.82 Å². The first-order valence-electron chi connectivity index (χ1n) is 7.13. The minimum atomic E-state index is 0.545. The molecular formula is C14H16N6S. The van der Waals surface area contributed by atoms with Crippen molar-refractivity contribution in [3.05, 3.63) is 34.5 Å². The Morgan fingerprint density at radius 3 is 3.00 bits per heavy atom. The summed E-state index contributed by atoms with van der Waals surface area (Å²) < 4.78 is 1.90.